The van der Waals surface area contributed by atoms with Crippen LogP contribution in [-0.4, -0.2) is 26.9 Å². The fraction of sp³-hybridized carbons (Fsp3) is 0.276. The summed E-state index contributed by atoms with van der Waals surface area (Å²) in [5.74, 6) is 0.505. The molecule has 0 spiro atoms. The van der Waals surface area contributed by atoms with Gasteiger partial charge in [0.1, 0.15) is 5.82 Å². The van der Waals surface area contributed by atoms with Gasteiger partial charge in [-0.3, -0.25) is 14.2 Å². The maximum absolute atomic E-state index is 13.7. The van der Waals surface area contributed by atoms with E-state index in [0.29, 0.717) is 28.8 Å². The van der Waals surface area contributed by atoms with E-state index in [0.717, 1.165) is 24.9 Å². The predicted molar refractivity (Wildman–Crippen MR) is 138 cm³/mol. The lowest BCUT2D eigenvalue weighted by Gasteiger charge is -2.30. The minimum atomic E-state index is -0.401. The Balaban J connectivity index is 1.89. The van der Waals surface area contributed by atoms with Crippen molar-refractivity contribution in [3.05, 3.63) is 106 Å². The second-order valence-electron chi connectivity index (χ2n) is 8.54. The van der Waals surface area contributed by atoms with Crippen LogP contribution in [0.15, 0.2) is 83.7 Å². The molecule has 5 heteroatoms. The number of aryl methyl sites for hydroxylation is 1. The SMILES string of the molecule is CCCCN(C(=O)c1ccccc1)C(C)c1nc2ccccc2c(=O)n1-c1ccc(CC)cc1. The molecule has 0 radical (unpaired) electrons. The molecule has 1 amide bonds. The Morgan fingerprint density at radius 2 is 1.62 bits per heavy atom. The summed E-state index contributed by atoms with van der Waals surface area (Å²) < 4.78 is 1.67. The molecular weight excluding hydrogens is 422 g/mol. The molecule has 3 aromatic carbocycles. The summed E-state index contributed by atoms with van der Waals surface area (Å²) in [4.78, 5) is 34.0. The van der Waals surface area contributed by atoms with Gasteiger partial charge in [0.25, 0.3) is 11.5 Å². The van der Waals surface area contributed by atoms with Crippen LogP contribution in [0.5, 0.6) is 0 Å². The highest BCUT2D eigenvalue weighted by Gasteiger charge is 2.27. The molecule has 0 fully saturated rings. The number of fused-ring (bicyclic) bond motifs is 1. The quantitative estimate of drug-likeness (QED) is 0.331. The third kappa shape index (κ3) is 4.65. The standard InChI is InChI=1S/C29H31N3O2/c1-4-6-20-31(28(33)23-12-8-7-9-13-23)21(3)27-30-26-15-11-10-14-25(26)29(34)32(27)24-18-16-22(5-2)17-19-24/h7-19,21H,4-6,20H2,1-3H3. The average Bonchev–Trinajstić information content (AvgIpc) is 2.89. The summed E-state index contributed by atoms with van der Waals surface area (Å²) in [6.45, 7) is 6.76. The minimum Gasteiger partial charge on any atom is -0.329 e. The highest BCUT2D eigenvalue weighted by Crippen LogP contribution is 2.25. The van der Waals surface area contributed by atoms with Crippen molar-refractivity contribution in [3.63, 3.8) is 0 Å². The predicted octanol–water partition coefficient (Wildman–Crippen LogP) is 5.95. The summed E-state index contributed by atoms with van der Waals surface area (Å²) in [5, 5.41) is 0.563. The molecule has 174 valence electrons. The molecule has 4 aromatic rings. The van der Waals surface area contributed by atoms with Gasteiger partial charge in [0.15, 0.2) is 0 Å². The van der Waals surface area contributed by atoms with Crippen molar-refractivity contribution in [3.8, 4) is 5.69 Å². The molecular formula is C29H31N3O2. The van der Waals surface area contributed by atoms with Gasteiger partial charge in [0, 0.05) is 12.1 Å². The van der Waals surface area contributed by atoms with Gasteiger partial charge in [-0.05, 0) is 61.7 Å². The van der Waals surface area contributed by atoms with E-state index < -0.39 is 6.04 Å². The normalized spacial score (nSPS) is 12.0. The summed E-state index contributed by atoms with van der Waals surface area (Å²) >= 11 is 0. The Bertz CT molecular complexity index is 1330. The highest BCUT2D eigenvalue weighted by molar-refractivity contribution is 5.94. The summed E-state index contributed by atoms with van der Waals surface area (Å²) in [6, 6.07) is 24.3. The summed E-state index contributed by atoms with van der Waals surface area (Å²) in [6.07, 6.45) is 2.75. The first-order chi connectivity index (χ1) is 16.5. The topological polar surface area (TPSA) is 55.2 Å². The van der Waals surface area contributed by atoms with Gasteiger partial charge in [-0.1, -0.05) is 62.7 Å². The first kappa shape index (κ1) is 23.4. The van der Waals surface area contributed by atoms with Crippen LogP contribution in [0.1, 0.15) is 61.4 Å². The zero-order chi connectivity index (χ0) is 24.1. The molecule has 1 heterocycles. The number of para-hydroxylation sites is 1. The third-order valence-corrected chi connectivity index (χ3v) is 6.28. The van der Waals surface area contributed by atoms with Crippen LogP contribution in [0.25, 0.3) is 16.6 Å². The Morgan fingerprint density at radius 3 is 2.29 bits per heavy atom. The number of hydrogen-bond acceptors (Lipinski definition) is 3. The third-order valence-electron chi connectivity index (χ3n) is 6.28. The number of amides is 1. The molecule has 1 aromatic heterocycles. The minimum absolute atomic E-state index is 0.0585. The molecule has 0 aliphatic rings. The number of nitrogens with zero attached hydrogens (tertiary/aromatic N) is 3. The molecule has 34 heavy (non-hydrogen) atoms. The zero-order valence-electron chi connectivity index (χ0n) is 20.1. The lowest BCUT2D eigenvalue weighted by Crippen LogP contribution is -2.38. The van der Waals surface area contributed by atoms with E-state index in [1.165, 1.54) is 5.56 Å². The van der Waals surface area contributed by atoms with Gasteiger partial charge in [-0.15, -0.1) is 0 Å². The van der Waals surface area contributed by atoms with E-state index in [2.05, 4.69) is 13.8 Å². The van der Waals surface area contributed by atoms with Crippen molar-refractivity contribution in [2.45, 2.75) is 46.1 Å². The number of aromatic nitrogens is 2. The second kappa shape index (κ2) is 10.5. The number of carbonyl (C=O) groups excluding carboxylic acids is 1. The largest absolute Gasteiger partial charge is 0.329 e. The van der Waals surface area contributed by atoms with Crippen LogP contribution in [0, 0.1) is 0 Å². The van der Waals surface area contributed by atoms with Crippen molar-refractivity contribution in [1.82, 2.24) is 14.5 Å². The number of hydrogen-bond donors (Lipinski definition) is 0. The number of carbonyl (C=O) groups is 1. The van der Waals surface area contributed by atoms with E-state index in [1.54, 1.807) is 10.6 Å². The Labute approximate surface area is 200 Å². The van der Waals surface area contributed by atoms with Gasteiger partial charge in [-0.25, -0.2) is 4.98 Å². The molecule has 0 aliphatic carbocycles. The molecule has 4 rings (SSSR count). The summed E-state index contributed by atoms with van der Waals surface area (Å²) in [7, 11) is 0. The van der Waals surface area contributed by atoms with Crippen LogP contribution < -0.4 is 5.56 Å². The van der Waals surface area contributed by atoms with Gasteiger partial charge in [0.05, 0.1) is 22.6 Å². The first-order valence-corrected chi connectivity index (χ1v) is 12.0. The van der Waals surface area contributed by atoms with E-state index in [4.69, 9.17) is 4.98 Å². The van der Waals surface area contributed by atoms with Crippen LogP contribution >= 0.6 is 0 Å². The smallest absolute Gasteiger partial charge is 0.266 e. The van der Waals surface area contributed by atoms with Crippen molar-refractivity contribution < 1.29 is 4.79 Å². The molecule has 1 atom stereocenters. The van der Waals surface area contributed by atoms with Gasteiger partial charge in [0.2, 0.25) is 0 Å². The van der Waals surface area contributed by atoms with Gasteiger partial charge < -0.3 is 4.90 Å². The van der Waals surface area contributed by atoms with E-state index in [-0.39, 0.29) is 11.5 Å². The van der Waals surface area contributed by atoms with Crippen LogP contribution in [0.4, 0.5) is 0 Å². The van der Waals surface area contributed by atoms with Gasteiger partial charge >= 0.3 is 0 Å². The summed E-state index contributed by atoms with van der Waals surface area (Å²) in [5.41, 5.74) is 3.10. The number of unbranched alkanes of at least 4 members (excludes halogenated alkanes) is 1. The van der Waals surface area contributed by atoms with Crippen LogP contribution in [0.3, 0.4) is 0 Å². The van der Waals surface area contributed by atoms with E-state index in [9.17, 15) is 9.59 Å². The Kier molecular flexibility index (Phi) is 7.21. The molecule has 0 saturated carbocycles. The maximum atomic E-state index is 13.7. The maximum Gasteiger partial charge on any atom is 0.266 e. The number of rotatable bonds is 8. The monoisotopic (exact) mass is 453 g/mol. The molecule has 0 saturated heterocycles. The second-order valence-corrected chi connectivity index (χ2v) is 8.54. The Hall–Kier alpha value is -3.73. The highest BCUT2D eigenvalue weighted by atomic mass is 16.2. The molecule has 0 bridgehead atoms. The molecule has 0 N–H and O–H groups in total. The zero-order valence-corrected chi connectivity index (χ0v) is 20.1. The lowest BCUT2D eigenvalue weighted by molar-refractivity contribution is 0.0678. The van der Waals surface area contributed by atoms with Crippen molar-refractivity contribution in [1.29, 1.82) is 0 Å². The van der Waals surface area contributed by atoms with Crippen molar-refractivity contribution in [2.24, 2.45) is 0 Å². The van der Waals surface area contributed by atoms with Crippen molar-refractivity contribution >= 4 is 16.8 Å². The van der Waals surface area contributed by atoms with E-state index in [1.807, 2.05) is 84.6 Å². The molecule has 1 unspecified atom stereocenters. The number of benzene rings is 3. The average molecular weight is 454 g/mol. The molecule has 0 aliphatic heterocycles. The Morgan fingerprint density at radius 1 is 0.941 bits per heavy atom. The van der Waals surface area contributed by atoms with E-state index >= 15 is 0 Å². The fourth-order valence-electron chi connectivity index (χ4n) is 4.25. The van der Waals surface area contributed by atoms with Crippen molar-refractivity contribution in [2.75, 3.05) is 6.54 Å². The first-order valence-electron chi connectivity index (χ1n) is 12.0. The van der Waals surface area contributed by atoms with Crippen LogP contribution in [0.2, 0.25) is 0 Å². The fourth-order valence-corrected chi connectivity index (χ4v) is 4.25. The van der Waals surface area contributed by atoms with Crippen LogP contribution in [-0.2, 0) is 6.42 Å². The van der Waals surface area contributed by atoms with Gasteiger partial charge in [-0.2, -0.15) is 0 Å². The molecule has 5 nitrogen and oxygen atoms in total. The lowest BCUT2D eigenvalue weighted by atomic mass is 10.1.